The Morgan fingerprint density at radius 3 is 2.74 bits per heavy atom. The number of benzene rings is 1. The summed E-state index contributed by atoms with van der Waals surface area (Å²) in [6.45, 7) is 0. The van der Waals surface area contributed by atoms with Crippen LogP contribution in [0.25, 0.3) is 0 Å². The molecule has 0 saturated heterocycles. The minimum atomic E-state index is -0.514. The second-order valence-corrected chi connectivity index (χ2v) is 4.33. The SMILES string of the molecule is O=C(NN=Cc1ccc(O)cc1O)c1ccc(Br)o1. The van der Waals surface area contributed by atoms with Gasteiger partial charge >= 0.3 is 5.91 Å². The van der Waals surface area contributed by atoms with Crippen molar-refractivity contribution in [2.45, 2.75) is 0 Å². The standard InChI is InChI=1S/C12H9BrN2O4/c13-11-4-3-10(19-11)12(18)15-14-6-7-1-2-8(16)5-9(7)17/h1-6,16-17H,(H,15,18). The Morgan fingerprint density at radius 2 is 2.11 bits per heavy atom. The first-order valence-corrected chi connectivity index (χ1v) is 5.96. The maximum Gasteiger partial charge on any atom is 0.307 e. The number of carbonyl (C=O) groups excluding carboxylic acids is 1. The molecule has 0 bridgehead atoms. The summed E-state index contributed by atoms with van der Waals surface area (Å²) in [4.78, 5) is 11.5. The van der Waals surface area contributed by atoms with Gasteiger partial charge in [-0.2, -0.15) is 5.10 Å². The van der Waals surface area contributed by atoms with E-state index in [-0.39, 0.29) is 17.3 Å². The summed E-state index contributed by atoms with van der Waals surface area (Å²) < 4.78 is 5.48. The molecule has 7 heteroatoms. The number of amides is 1. The lowest BCUT2D eigenvalue weighted by atomic mass is 10.2. The lowest BCUT2D eigenvalue weighted by molar-refractivity contribution is 0.0926. The van der Waals surface area contributed by atoms with Crippen molar-refractivity contribution in [2.24, 2.45) is 5.10 Å². The number of furan rings is 1. The fourth-order valence-corrected chi connectivity index (χ4v) is 1.60. The van der Waals surface area contributed by atoms with Gasteiger partial charge in [0.25, 0.3) is 0 Å². The largest absolute Gasteiger partial charge is 0.508 e. The van der Waals surface area contributed by atoms with Gasteiger partial charge in [0.2, 0.25) is 0 Å². The number of phenolic OH excluding ortho intramolecular Hbond substituents is 2. The molecule has 0 fully saturated rings. The highest BCUT2D eigenvalue weighted by Gasteiger charge is 2.08. The predicted molar refractivity (Wildman–Crippen MR) is 71.2 cm³/mol. The summed E-state index contributed by atoms with van der Waals surface area (Å²) in [5.41, 5.74) is 2.60. The number of rotatable bonds is 3. The molecule has 1 aromatic heterocycles. The van der Waals surface area contributed by atoms with Crippen LogP contribution in [0.5, 0.6) is 11.5 Å². The fraction of sp³-hybridized carbons (Fsp3) is 0. The van der Waals surface area contributed by atoms with Gasteiger partial charge < -0.3 is 14.6 Å². The van der Waals surface area contributed by atoms with Crippen molar-refractivity contribution in [2.75, 3.05) is 0 Å². The van der Waals surface area contributed by atoms with E-state index in [1.165, 1.54) is 30.5 Å². The Kier molecular flexibility index (Phi) is 3.86. The van der Waals surface area contributed by atoms with Crippen molar-refractivity contribution in [3.05, 3.63) is 46.3 Å². The van der Waals surface area contributed by atoms with Crippen LogP contribution in [0.1, 0.15) is 16.1 Å². The minimum absolute atomic E-state index is 0.0564. The van der Waals surface area contributed by atoms with E-state index in [4.69, 9.17) is 9.52 Å². The molecule has 0 aliphatic rings. The van der Waals surface area contributed by atoms with Crippen molar-refractivity contribution in [1.82, 2.24) is 5.43 Å². The number of hydrogen-bond acceptors (Lipinski definition) is 5. The Bertz CT molecular complexity index is 636. The number of halogens is 1. The van der Waals surface area contributed by atoms with Gasteiger partial charge in [0.15, 0.2) is 10.4 Å². The molecule has 0 aliphatic heterocycles. The minimum Gasteiger partial charge on any atom is -0.508 e. The number of nitrogens with one attached hydrogen (secondary N) is 1. The number of nitrogens with zero attached hydrogens (tertiary/aromatic N) is 1. The molecule has 6 nitrogen and oxygen atoms in total. The van der Waals surface area contributed by atoms with Crippen LogP contribution < -0.4 is 5.43 Å². The van der Waals surface area contributed by atoms with Crippen LogP contribution >= 0.6 is 15.9 Å². The Hall–Kier alpha value is -2.28. The third-order valence-electron chi connectivity index (χ3n) is 2.18. The van der Waals surface area contributed by atoms with E-state index in [0.29, 0.717) is 10.2 Å². The average molecular weight is 325 g/mol. The van der Waals surface area contributed by atoms with E-state index < -0.39 is 5.91 Å². The lowest BCUT2D eigenvalue weighted by Crippen LogP contribution is -2.16. The molecule has 1 aromatic carbocycles. The highest BCUT2D eigenvalue weighted by atomic mass is 79.9. The Labute approximate surface area is 116 Å². The first-order chi connectivity index (χ1) is 9.06. The molecule has 1 heterocycles. The molecular formula is C12H9BrN2O4. The van der Waals surface area contributed by atoms with Crippen LogP contribution in [0.3, 0.4) is 0 Å². The second-order valence-electron chi connectivity index (χ2n) is 3.55. The van der Waals surface area contributed by atoms with E-state index in [1.807, 2.05) is 0 Å². The molecule has 1 amide bonds. The van der Waals surface area contributed by atoms with Crippen molar-refractivity contribution >= 4 is 28.1 Å². The molecule has 98 valence electrons. The maximum absolute atomic E-state index is 11.5. The summed E-state index contributed by atoms with van der Waals surface area (Å²) in [5.74, 6) is -0.600. The van der Waals surface area contributed by atoms with Gasteiger partial charge in [-0.1, -0.05) is 0 Å². The second kappa shape index (κ2) is 5.57. The first kappa shape index (κ1) is 13.2. The predicted octanol–water partition coefficient (Wildman–Crippen LogP) is 2.22. The van der Waals surface area contributed by atoms with Gasteiger partial charge in [0.05, 0.1) is 6.21 Å². The molecule has 0 saturated carbocycles. The monoisotopic (exact) mass is 324 g/mol. The van der Waals surface area contributed by atoms with Crippen LogP contribution in [-0.2, 0) is 0 Å². The summed E-state index contributed by atoms with van der Waals surface area (Å²) in [6, 6.07) is 7.11. The van der Waals surface area contributed by atoms with Gasteiger partial charge in [-0.05, 0) is 40.2 Å². The quantitative estimate of drug-likeness (QED) is 0.596. The molecule has 0 radical (unpaired) electrons. The van der Waals surface area contributed by atoms with Crippen LogP contribution in [0.4, 0.5) is 0 Å². The molecule has 0 aliphatic carbocycles. The summed E-state index contributed by atoms with van der Waals surface area (Å²) >= 11 is 3.08. The van der Waals surface area contributed by atoms with Crippen LogP contribution in [0.2, 0.25) is 0 Å². The molecule has 3 N–H and O–H groups in total. The zero-order chi connectivity index (χ0) is 13.8. The van der Waals surface area contributed by atoms with Crippen LogP contribution in [0.15, 0.2) is 44.5 Å². The Balaban J connectivity index is 2.02. The van der Waals surface area contributed by atoms with E-state index in [2.05, 4.69) is 26.5 Å². The molecule has 19 heavy (non-hydrogen) atoms. The molecule has 0 spiro atoms. The van der Waals surface area contributed by atoms with Gasteiger partial charge in [0, 0.05) is 11.6 Å². The zero-order valence-electron chi connectivity index (χ0n) is 9.50. The van der Waals surface area contributed by atoms with Crippen molar-refractivity contribution in [3.8, 4) is 11.5 Å². The molecule has 0 unspecified atom stereocenters. The number of hydrogen-bond donors (Lipinski definition) is 3. The van der Waals surface area contributed by atoms with Gasteiger partial charge in [-0.3, -0.25) is 4.79 Å². The topological polar surface area (TPSA) is 95.1 Å². The van der Waals surface area contributed by atoms with Crippen molar-refractivity contribution < 1.29 is 19.4 Å². The normalized spacial score (nSPS) is 10.8. The Morgan fingerprint density at radius 1 is 1.32 bits per heavy atom. The van der Waals surface area contributed by atoms with E-state index in [9.17, 15) is 9.90 Å². The maximum atomic E-state index is 11.5. The average Bonchev–Trinajstić information content (AvgIpc) is 2.78. The number of phenols is 2. The highest BCUT2D eigenvalue weighted by Crippen LogP contribution is 2.20. The van der Waals surface area contributed by atoms with E-state index in [1.54, 1.807) is 6.07 Å². The first-order valence-electron chi connectivity index (χ1n) is 5.17. The van der Waals surface area contributed by atoms with Crippen molar-refractivity contribution in [1.29, 1.82) is 0 Å². The van der Waals surface area contributed by atoms with Gasteiger partial charge in [-0.15, -0.1) is 0 Å². The summed E-state index contributed by atoms with van der Waals surface area (Å²) in [7, 11) is 0. The third kappa shape index (κ3) is 3.35. The lowest BCUT2D eigenvalue weighted by Gasteiger charge is -1.99. The fourth-order valence-electron chi connectivity index (χ4n) is 1.29. The number of carbonyl (C=O) groups is 1. The third-order valence-corrected chi connectivity index (χ3v) is 2.61. The van der Waals surface area contributed by atoms with E-state index >= 15 is 0 Å². The molecule has 2 rings (SSSR count). The van der Waals surface area contributed by atoms with Gasteiger partial charge in [-0.25, -0.2) is 5.43 Å². The number of hydrazone groups is 1. The number of aromatic hydroxyl groups is 2. The smallest absolute Gasteiger partial charge is 0.307 e. The summed E-state index contributed by atoms with van der Waals surface area (Å²) in [5, 5.41) is 22.3. The van der Waals surface area contributed by atoms with Gasteiger partial charge in [0.1, 0.15) is 11.5 Å². The molecular weight excluding hydrogens is 316 g/mol. The van der Waals surface area contributed by atoms with E-state index in [0.717, 1.165) is 0 Å². The molecule has 0 atom stereocenters. The molecule has 2 aromatic rings. The van der Waals surface area contributed by atoms with Crippen molar-refractivity contribution in [3.63, 3.8) is 0 Å². The zero-order valence-corrected chi connectivity index (χ0v) is 11.1. The summed E-state index contributed by atoms with van der Waals surface area (Å²) in [6.07, 6.45) is 1.25. The highest BCUT2D eigenvalue weighted by molar-refractivity contribution is 9.10. The van der Waals surface area contributed by atoms with Crippen LogP contribution in [0, 0.1) is 0 Å². The van der Waals surface area contributed by atoms with Crippen LogP contribution in [-0.4, -0.2) is 22.3 Å².